The molecule has 2 aliphatic rings. The van der Waals surface area contributed by atoms with Gasteiger partial charge in [-0.15, -0.1) is 24.8 Å². The molecule has 6 heteroatoms. The number of likely N-dealkylation sites (tertiary alicyclic amines) is 1. The van der Waals surface area contributed by atoms with E-state index in [9.17, 15) is 4.79 Å². The van der Waals surface area contributed by atoms with E-state index in [2.05, 4.69) is 52.8 Å². The lowest BCUT2D eigenvalue weighted by Crippen LogP contribution is -2.50. The van der Waals surface area contributed by atoms with E-state index >= 15 is 0 Å². The van der Waals surface area contributed by atoms with Crippen molar-refractivity contribution in [1.29, 1.82) is 0 Å². The van der Waals surface area contributed by atoms with Crippen LogP contribution in [0.3, 0.4) is 0 Å². The first-order chi connectivity index (χ1) is 10.7. The summed E-state index contributed by atoms with van der Waals surface area (Å²) < 4.78 is 0. The Morgan fingerprint density at radius 2 is 2.00 bits per heavy atom. The first kappa shape index (κ1) is 21.2. The molecular formula is C18H29Cl2N3O. The van der Waals surface area contributed by atoms with Gasteiger partial charge in [0.1, 0.15) is 0 Å². The summed E-state index contributed by atoms with van der Waals surface area (Å²) in [6, 6.07) is 11.1. The Kier molecular flexibility index (Phi) is 9.06. The first-order valence-corrected chi connectivity index (χ1v) is 8.50. The Morgan fingerprint density at radius 3 is 2.62 bits per heavy atom. The van der Waals surface area contributed by atoms with Gasteiger partial charge in [0, 0.05) is 25.0 Å². The zero-order chi connectivity index (χ0) is 15.4. The second kappa shape index (κ2) is 10.2. The van der Waals surface area contributed by atoms with E-state index < -0.39 is 0 Å². The average molecular weight is 374 g/mol. The van der Waals surface area contributed by atoms with Crippen molar-refractivity contribution in [3.63, 3.8) is 0 Å². The summed E-state index contributed by atoms with van der Waals surface area (Å²) >= 11 is 0. The van der Waals surface area contributed by atoms with E-state index in [4.69, 9.17) is 0 Å². The molecule has 0 aromatic heterocycles. The number of hydrogen-bond donors (Lipinski definition) is 2. The smallest absolute Gasteiger partial charge is 0.223 e. The second-order valence-electron chi connectivity index (χ2n) is 6.70. The number of amides is 1. The van der Waals surface area contributed by atoms with Crippen LogP contribution in [-0.4, -0.2) is 43.0 Å². The molecule has 136 valence electrons. The summed E-state index contributed by atoms with van der Waals surface area (Å²) in [5, 5.41) is 6.42. The minimum atomic E-state index is 0. The van der Waals surface area contributed by atoms with Crippen LogP contribution in [0.25, 0.3) is 0 Å². The van der Waals surface area contributed by atoms with Crippen molar-refractivity contribution in [3.8, 4) is 0 Å². The fourth-order valence-electron chi connectivity index (χ4n) is 3.41. The van der Waals surface area contributed by atoms with Gasteiger partial charge < -0.3 is 10.6 Å². The normalized spacial score (nSPS) is 22.0. The summed E-state index contributed by atoms with van der Waals surface area (Å²) in [5.41, 5.74) is 1.36. The molecule has 0 spiro atoms. The van der Waals surface area contributed by atoms with Gasteiger partial charge in [-0.2, -0.15) is 0 Å². The highest BCUT2D eigenvalue weighted by atomic mass is 35.5. The molecular weight excluding hydrogens is 345 g/mol. The van der Waals surface area contributed by atoms with E-state index in [1.54, 1.807) is 0 Å². The highest BCUT2D eigenvalue weighted by Gasteiger charge is 2.30. The fraction of sp³-hybridized carbons (Fsp3) is 0.611. The number of benzene rings is 1. The Hall–Kier alpha value is -0.810. The summed E-state index contributed by atoms with van der Waals surface area (Å²) in [6.45, 7) is 6.94. The van der Waals surface area contributed by atoms with Crippen molar-refractivity contribution < 1.29 is 4.79 Å². The van der Waals surface area contributed by atoms with Gasteiger partial charge in [-0.05, 0) is 44.0 Å². The van der Waals surface area contributed by atoms with Crippen LogP contribution in [0.5, 0.6) is 0 Å². The predicted molar refractivity (Wildman–Crippen MR) is 103 cm³/mol. The molecule has 2 atom stereocenters. The molecule has 1 amide bonds. The molecule has 4 nitrogen and oxygen atoms in total. The van der Waals surface area contributed by atoms with Gasteiger partial charge in [-0.25, -0.2) is 0 Å². The fourth-order valence-corrected chi connectivity index (χ4v) is 3.41. The van der Waals surface area contributed by atoms with Gasteiger partial charge in [0.15, 0.2) is 0 Å². The summed E-state index contributed by atoms with van der Waals surface area (Å²) in [6.07, 6.45) is 2.42. The van der Waals surface area contributed by atoms with Crippen LogP contribution in [0.1, 0.15) is 25.3 Å². The molecule has 0 bridgehead atoms. The minimum absolute atomic E-state index is 0. The lowest BCUT2D eigenvalue weighted by molar-refractivity contribution is -0.126. The second-order valence-corrected chi connectivity index (χ2v) is 6.70. The maximum Gasteiger partial charge on any atom is 0.223 e. The number of rotatable bonds is 6. The first-order valence-electron chi connectivity index (χ1n) is 8.50. The molecule has 2 N–H and O–H groups in total. The van der Waals surface area contributed by atoms with Crippen molar-refractivity contribution in [2.45, 2.75) is 32.4 Å². The lowest BCUT2D eigenvalue weighted by atomic mass is 9.88. The zero-order valence-electron chi connectivity index (χ0n) is 14.2. The summed E-state index contributed by atoms with van der Waals surface area (Å²) in [4.78, 5) is 14.7. The molecule has 0 aliphatic carbocycles. The van der Waals surface area contributed by atoms with Gasteiger partial charge in [0.25, 0.3) is 0 Å². The highest BCUT2D eigenvalue weighted by molar-refractivity contribution is 5.85. The minimum Gasteiger partial charge on any atom is -0.354 e. The average Bonchev–Trinajstić information content (AvgIpc) is 2.91. The van der Waals surface area contributed by atoms with E-state index in [0.717, 1.165) is 32.7 Å². The van der Waals surface area contributed by atoms with Crippen molar-refractivity contribution >= 4 is 30.7 Å². The number of nitrogens with zero attached hydrogens (tertiary/aromatic N) is 1. The molecule has 2 aliphatic heterocycles. The number of hydrogen-bond acceptors (Lipinski definition) is 3. The molecule has 1 aromatic carbocycles. The van der Waals surface area contributed by atoms with Gasteiger partial charge in [-0.1, -0.05) is 37.3 Å². The third-order valence-electron chi connectivity index (χ3n) is 5.17. The highest BCUT2D eigenvalue weighted by Crippen LogP contribution is 2.20. The quantitative estimate of drug-likeness (QED) is 0.804. The van der Waals surface area contributed by atoms with Gasteiger partial charge in [-0.3, -0.25) is 9.69 Å². The van der Waals surface area contributed by atoms with Gasteiger partial charge >= 0.3 is 0 Å². The van der Waals surface area contributed by atoms with E-state index in [-0.39, 0.29) is 36.6 Å². The van der Waals surface area contributed by atoms with Crippen molar-refractivity contribution in [3.05, 3.63) is 35.9 Å². The molecule has 3 rings (SSSR count). The standard InChI is InChI=1S/C18H27N3O.2ClH/c1-14(16-10-19-11-16)18(22)20-12-17-8-5-9-21(17)13-15-6-3-2-4-7-15;;/h2-4,6-7,14,16-17,19H,5,8-13H2,1H3,(H,20,22);2*1H. The van der Waals surface area contributed by atoms with E-state index in [0.29, 0.717) is 12.0 Å². The molecule has 0 radical (unpaired) electrons. The van der Waals surface area contributed by atoms with Crippen LogP contribution >= 0.6 is 24.8 Å². The monoisotopic (exact) mass is 373 g/mol. The Morgan fingerprint density at radius 1 is 1.29 bits per heavy atom. The van der Waals surface area contributed by atoms with E-state index in [1.165, 1.54) is 18.4 Å². The topological polar surface area (TPSA) is 44.4 Å². The van der Waals surface area contributed by atoms with Crippen LogP contribution in [0, 0.1) is 11.8 Å². The van der Waals surface area contributed by atoms with Crippen LogP contribution < -0.4 is 10.6 Å². The summed E-state index contributed by atoms with van der Waals surface area (Å²) in [5.74, 6) is 0.868. The van der Waals surface area contributed by atoms with Gasteiger partial charge in [0.2, 0.25) is 5.91 Å². The molecule has 24 heavy (non-hydrogen) atoms. The Labute approximate surface area is 157 Å². The van der Waals surface area contributed by atoms with Crippen LogP contribution in [0.4, 0.5) is 0 Å². The Bertz CT molecular complexity index is 496. The van der Waals surface area contributed by atoms with Crippen LogP contribution in [-0.2, 0) is 11.3 Å². The maximum absolute atomic E-state index is 12.2. The third-order valence-corrected chi connectivity index (χ3v) is 5.17. The van der Waals surface area contributed by atoms with Crippen molar-refractivity contribution in [1.82, 2.24) is 15.5 Å². The largest absolute Gasteiger partial charge is 0.354 e. The van der Waals surface area contributed by atoms with Crippen LogP contribution in [0.15, 0.2) is 30.3 Å². The lowest BCUT2D eigenvalue weighted by Gasteiger charge is -2.32. The SMILES string of the molecule is CC(C(=O)NCC1CCCN1Cc1ccccc1)C1CNC1.Cl.Cl. The molecule has 2 saturated heterocycles. The Balaban J connectivity index is 0.00000144. The van der Waals surface area contributed by atoms with Crippen LogP contribution in [0.2, 0.25) is 0 Å². The van der Waals surface area contributed by atoms with Gasteiger partial charge in [0.05, 0.1) is 0 Å². The zero-order valence-corrected chi connectivity index (χ0v) is 15.9. The summed E-state index contributed by atoms with van der Waals surface area (Å²) in [7, 11) is 0. The number of halogens is 2. The molecule has 2 unspecified atom stereocenters. The maximum atomic E-state index is 12.2. The molecule has 2 heterocycles. The van der Waals surface area contributed by atoms with E-state index in [1.807, 2.05) is 0 Å². The molecule has 0 saturated carbocycles. The van der Waals surface area contributed by atoms with Crippen molar-refractivity contribution in [2.24, 2.45) is 11.8 Å². The molecule has 2 fully saturated rings. The number of carbonyl (C=O) groups is 1. The molecule has 1 aromatic rings. The van der Waals surface area contributed by atoms with Crippen molar-refractivity contribution in [2.75, 3.05) is 26.2 Å². The number of nitrogens with one attached hydrogen (secondary N) is 2. The predicted octanol–water partition coefficient (Wildman–Crippen LogP) is 2.47. The third kappa shape index (κ3) is 5.35. The number of carbonyl (C=O) groups excluding carboxylic acids is 1.